The molecule has 1 fully saturated rings. The highest BCUT2D eigenvalue weighted by molar-refractivity contribution is 7.07. The molecule has 0 saturated heterocycles. The zero-order valence-electron chi connectivity index (χ0n) is 23.1. The van der Waals surface area contributed by atoms with Crippen molar-refractivity contribution in [3.63, 3.8) is 0 Å². The van der Waals surface area contributed by atoms with Gasteiger partial charge in [-0.1, -0.05) is 146 Å². The molecule has 3 aromatic rings. The first kappa shape index (κ1) is 26.0. The molecule has 0 N–H and O–H groups in total. The summed E-state index contributed by atoms with van der Waals surface area (Å²) < 4.78 is 7.46. The van der Waals surface area contributed by atoms with E-state index in [9.17, 15) is 0 Å². The minimum atomic E-state index is -2.71. The second-order valence-electron chi connectivity index (χ2n) is 11.4. The standard InChI is InChI=1S/C37H40OSi/c1-2-37(31-17-13-14-18-31,36-27-26-30-16-12-15-25-35(30)36)28-29-38-39(32-19-6-3-7-20-32,33-21-8-4-9-22-33)34-23-10-5-11-24-34/h3-15,17-25,30-31,36H,2,16,26-29H2,1H3. The average molecular weight is 529 g/mol. The number of allylic oxidation sites excluding steroid dienone is 8. The van der Waals surface area contributed by atoms with Crippen molar-refractivity contribution in [2.24, 2.45) is 23.2 Å². The Hall–Kier alpha value is -3.20. The minimum Gasteiger partial charge on any atom is -0.404 e. The SMILES string of the molecule is CCC(CCO[Si](c1ccccc1)(c1ccccc1)c1ccccc1)(C1C=CC=C1)C1CCC2CC=CC=C21. The van der Waals surface area contributed by atoms with Gasteiger partial charge in [0.2, 0.25) is 0 Å². The van der Waals surface area contributed by atoms with Crippen molar-refractivity contribution in [1.82, 2.24) is 0 Å². The van der Waals surface area contributed by atoms with Crippen LogP contribution in [0.2, 0.25) is 0 Å². The van der Waals surface area contributed by atoms with E-state index in [0.29, 0.717) is 11.8 Å². The summed E-state index contributed by atoms with van der Waals surface area (Å²) in [6.07, 6.45) is 22.6. The summed E-state index contributed by atoms with van der Waals surface area (Å²) in [7, 11) is -2.71. The van der Waals surface area contributed by atoms with Gasteiger partial charge in [-0.3, -0.25) is 0 Å². The minimum absolute atomic E-state index is 0.166. The van der Waals surface area contributed by atoms with Crippen LogP contribution in [0.3, 0.4) is 0 Å². The number of rotatable bonds is 10. The van der Waals surface area contributed by atoms with Crippen molar-refractivity contribution < 1.29 is 4.43 Å². The number of hydrogen-bond donors (Lipinski definition) is 0. The van der Waals surface area contributed by atoms with Crippen molar-refractivity contribution in [3.8, 4) is 0 Å². The van der Waals surface area contributed by atoms with Gasteiger partial charge in [0.25, 0.3) is 8.32 Å². The molecule has 0 aliphatic heterocycles. The van der Waals surface area contributed by atoms with Crippen LogP contribution in [0.5, 0.6) is 0 Å². The Bertz CT molecular complexity index is 1250. The van der Waals surface area contributed by atoms with Gasteiger partial charge >= 0.3 is 0 Å². The monoisotopic (exact) mass is 528 g/mol. The summed E-state index contributed by atoms with van der Waals surface area (Å²) in [5.41, 5.74) is 1.87. The zero-order chi connectivity index (χ0) is 26.5. The molecule has 0 amide bonds. The molecule has 0 bridgehead atoms. The molecule has 1 nitrogen and oxygen atoms in total. The molecule has 3 aliphatic rings. The highest BCUT2D eigenvalue weighted by atomic mass is 28.4. The molecule has 2 heteroatoms. The first-order valence-corrected chi connectivity index (χ1v) is 16.7. The molecule has 3 atom stereocenters. The molecule has 3 aliphatic carbocycles. The third-order valence-corrected chi connectivity index (χ3v) is 13.8. The molecule has 6 rings (SSSR count). The van der Waals surface area contributed by atoms with E-state index < -0.39 is 8.32 Å². The van der Waals surface area contributed by atoms with E-state index in [1.807, 2.05) is 0 Å². The zero-order valence-corrected chi connectivity index (χ0v) is 24.1. The Morgan fingerprint density at radius 1 is 0.744 bits per heavy atom. The fraction of sp³-hybridized carbons (Fsp3) is 0.297. The van der Waals surface area contributed by atoms with Crippen LogP contribution in [-0.2, 0) is 4.43 Å². The quantitative estimate of drug-likeness (QED) is 0.201. The summed E-state index contributed by atoms with van der Waals surface area (Å²) in [5, 5.41) is 3.93. The van der Waals surface area contributed by atoms with Crippen LogP contribution in [-0.4, -0.2) is 14.9 Å². The van der Waals surface area contributed by atoms with E-state index in [2.05, 4.69) is 140 Å². The van der Waals surface area contributed by atoms with E-state index in [1.165, 1.54) is 34.8 Å². The lowest BCUT2D eigenvalue weighted by atomic mass is 9.61. The van der Waals surface area contributed by atoms with E-state index in [-0.39, 0.29) is 5.41 Å². The topological polar surface area (TPSA) is 9.23 Å². The van der Waals surface area contributed by atoms with Gasteiger partial charge in [0.05, 0.1) is 0 Å². The largest absolute Gasteiger partial charge is 0.404 e. The Kier molecular flexibility index (Phi) is 7.68. The molecule has 0 heterocycles. The normalized spacial score (nSPS) is 22.0. The number of fused-ring (bicyclic) bond motifs is 1. The predicted molar refractivity (Wildman–Crippen MR) is 167 cm³/mol. The highest BCUT2D eigenvalue weighted by Crippen LogP contribution is 2.56. The van der Waals surface area contributed by atoms with Gasteiger partial charge in [0, 0.05) is 12.5 Å². The lowest BCUT2D eigenvalue weighted by molar-refractivity contribution is 0.0985. The lowest BCUT2D eigenvalue weighted by Gasteiger charge is -2.45. The summed E-state index contributed by atoms with van der Waals surface area (Å²) in [6.45, 7) is 3.17. The van der Waals surface area contributed by atoms with Crippen molar-refractivity contribution in [2.45, 2.75) is 39.0 Å². The molecule has 3 aromatic carbocycles. The van der Waals surface area contributed by atoms with E-state index >= 15 is 0 Å². The van der Waals surface area contributed by atoms with Crippen LogP contribution < -0.4 is 15.6 Å². The first-order chi connectivity index (χ1) is 19.3. The van der Waals surface area contributed by atoms with Gasteiger partial charge in [-0.2, -0.15) is 0 Å². The van der Waals surface area contributed by atoms with Crippen LogP contribution in [0.15, 0.2) is 139 Å². The summed E-state index contributed by atoms with van der Waals surface area (Å²) >= 11 is 0. The highest BCUT2D eigenvalue weighted by Gasteiger charge is 2.49. The van der Waals surface area contributed by atoms with Gasteiger partial charge in [0.15, 0.2) is 0 Å². The van der Waals surface area contributed by atoms with Gasteiger partial charge in [-0.15, -0.1) is 0 Å². The van der Waals surface area contributed by atoms with Gasteiger partial charge in [-0.05, 0) is 64.9 Å². The smallest absolute Gasteiger partial charge is 0.288 e. The van der Waals surface area contributed by atoms with Gasteiger partial charge in [0.1, 0.15) is 0 Å². The molecule has 3 unspecified atom stereocenters. The van der Waals surface area contributed by atoms with Crippen molar-refractivity contribution in [3.05, 3.63) is 139 Å². The number of benzene rings is 3. The summed E-state index contributed by atoms with van der Waals surface area (Å²) in [5.74, 6) is 1.80. The van der Waals surface area contributed by atoms with Gasteiger partial charge < -0.3 is 4.43 Å². The molecular weight excluding hydrogens is 488 g/mol. The molecular formula is C37H40OSi. The number of hydrogen-bond acceptors (Lipinski definition) is 1. The fourth-order valence-electron chi connectivity index (χ4n) is 7.74. The lowest BCUT2D eigenvalue weighted by Crippen LogP contribution is -2.69. The Morgan fingerprint density at radius 2 is 1.31 bits per heavy atom. The molecule has 39 heavy (non-hydrogen) atoms. The first-order valence-electron chi connectivity index (χ1n) is 14.8. The Balaban J connectivity index is 1.40. The second-order valence-corrected chi connectivity index (χ2v) is 14.8. The maximum absolute atomic E-state index is 7.46. The van der Waals surface area contributed by atoms with E-state index in [0.717, 1.165) is 25.4 Å². The van der Waals surface area contributed by atoms with E-state index in [1.54, 1.807) is 5.57 Å². The molecule has 198 valence electrons. The van der Waals surface area contributed by atoms with E-state index in [4.69, 9.17) is 4.43 Å². The van der Waals surface area contributed by atoms with Crippen molar-refractivity contribution in [1.29, 1.82) is 0 Å². The molecule has 0 spiro atoms. The Morgan fingerprint density at radius 3 is 1.85 bits per heavy atom. The molecule has 0 radical (unpaired) electrons. The summed E-state index contributed by atoms with van der Waals surface area (Å²) in [6, 6.07) is 33.0. The second kappa shape index (κ2) is 11.5. The van der Waals surface area contributed by atoms with Crippen LogP contribution >= 0.6 is 0 Å². The van der Waals surface area contributed by atoms with Gasteiger partial charge in [-0.25, -0.2) is 0 Å². The molecule has 1 saturated carbocycles. The maximum atomic E-state index is 7.46. The van der Waals surface area contributed by atoms with Crippen LogP contribution in [0.4, 0.5) is 0 Å². The van der Waals surface area contributed by atoms with Crippen LogP contribution in [0.25, 0.3) is 0 Å². The Labute approximate surface area is 235 Å². The third-order valence-electron chi connectivity index (χ3n) is 9.71. The van der Waals surface area contributed by atoms with Crippen LogP contribution in [0, 0.1) is 23.2 Å². The van der Waals surface area contributed by atoms with Crippen molar-refractivity contribution >= 4 is 23.9 Å². The maximum Gasteiger partial charge on any atom is 0.288 e. The average Bonchev–Trinajstić information content (AvgIpc) is 3.71. The fourth-order valence-corrected chi connectivity index (χ4v) is 11.6. The van der Waals surface area contributed by atoms with Crippen molar-refractivity contribution in [2.75, 3.05) is 6.61 Å². The summed E-state index contributed by atoms with van der Waals surface area (Å²) in [4.78, 5) is 0. The third kappa shape index (κ3) is 4.75. The van der Waals surface area contributed by atoms with Crippen LogP contribution in [0.1, 0.15) is 39.0 Å². The predicted octanol–water partition coefficient (Wildman–Crippen LogP) is 7.11. The molecule has 0 aromatic heterocycles.